The maximum atomic E-state index is 13.6. The lowest BCUT2D eigenvalue weighted by Crippen LogP contribution is -2.38. The minimum Gasteiger partial charge on any atom is -0.389 e. The molecule has 0 saturated heterocycles. The zero-order valence-electron chi connectivity index (χ0n) is 10.5. The molecule has 96 valence electrons. The molecule has 0 heterocycles. The smallest absolute Gasteiger partial charge is 0.127 e. The topological polar surface area (TPSA) is 23.5 Å². The predicted octanol–water partition coefficient (Wildman–Crippen LogP) is 3.18. The molecule has 0 bridgehead atoms. The maximum absolute atomic E-state index is 13.6. The molecule has 0 amide bonds. The number of hydrogen-bond acceptors (Lipinski definition) is 2. The highest BCUT2D eigenvalue weighted by atomic mass is 79.9. The Morgan fingerprint density at radius 3 is 2.59 bits per heavy atom. The van der Waals surface area contributed by atoms with Crippen molar-refractivity contribution >= 4 is 15.9 Å². The fourth-order valence-electron chi connectivity index (χ4n) is 1.73. The van der Waals surface area contributed by atoms with Crippen molar-refractivity contribution in [3.63, 3.8) is 0 Å². The van der Waals surface area contributed by atoms with Gasteiger partial charge in [-0.05, 0) is 38.6 Å². The van der Waals surface area contributed by atoms with Gasteiger partial charge in [-0.2, -0.15) is 0 Å². The van der Waals surface area contributed by atoms with Gasteiger partial charge in [-0.1, -0.05) is 22.9 Å². The predicted molar refractivity (Wildman–Crippen MR) is 71.3 cm³/mol. The first-order valence-electron chi connectivity index (χ1n) is 5.70. The van der Waals surface area contributed by atoms with Crippen molar-refractivity contribution in [2.24, 2.45) is 0 Å². The van der Waals surface area contributed by atoms with E-state index in [2.05, 4.69) is 15.9 Å². The SMILES string of the molecule is CCN(Cc1cc(Br)ccc1F)CC(C)(C)O. The number of halogens is 2. The monoisotopic (exact) mass is 303 g/mol. The highest BCUT2D eigenvalue weighted by Crippen LogP contribution is 2.18. The Hall–Kier alpha value is -0.450. The number of likely N-dealkylation sites (N-methyl/N-ethyl adjacent to an activating group) is 1. The van der Waals surface area contributed by atoms with Gasteiger partial charge < -0.3 is 5.11 Å². The summed E-state index contributed by atoms with van der Waals surface area (Å²) < 4.78 is 14.5. The van der Waals surface area contributed by atoms with Crippen LogP contribution in [0.3, 0.4) is 0 Å². The Balaban J connectivity index is 2.77. The van der Waals surface area contributed by atoms with E-state index >= 15 is 0 Å². The second-order valence-electron chi connectivity index (χ2n) is 4.85. The molecule has 0 saturated carbocycles. The van der Waals surface area contributed by atoms with E-state index in [0.717, 1.165) is 11.0 Å². The lowest BCUT2D eigenvalue weighted by Gasteiger charge is -2.28. The van der Waals surface area contributed by atoms with Crippen molar-refractivity contribution in [1.82, 2.24) is 4.90 Å². The maximum Gasteiger partial charge on any atom is 0.127 e. The fraction of sp³-hybridized carbons (Fsp3) is 0.538. The molecule has 1 aromatic carbocycles. The molecule has 0 aliphatic carbocycles. The summed E-state index contributed by atoms with van der Waals surface area (Å²) in [7, 11) is 0. The number of aliphatic hydroxyl groups is 1. The zero-order valence-corrected chi connectivity index (χ0v) is 12.1. The molecule has 17 heavy (non-hydrogen) atoms. The van der Waals surface area contributed by atoms with E-state index < -0.39 is 5.60 Å². The van der Waals surface area contributed by atoms with Crippen molar-refractivity contribution in [3.05, 3.63) is 34.1 Å². The van der Waals surface area contributed by atoms with E-state index in [4.69, 9.17) is 0 Å². The summed E-state index contributed by atoms with van der Waals surface area (Å²) in [4.78, 5) is 2.02. The van der Waals surface area contributed by atoms with Crippen LogP contribution in [0.5, 0.6) is 0 Å². The van der Waals surface area contributed by atoms with Gasteiger partial charge in [0.25, 0.3) is 0 Å². The van der Waals surface area contributed by atoms with Gasteiger partial charge in [0.2, 0.25) is 0 Å². The van der Waals surface area contributed by atoms with Crippen molar-refractivity contribution < 1.29 is 9.50 Å². The van der Waals surface area contributed by atoms with Crippen LogP contribution in [-0.4, -0.2) is 28.7 Å². The van der Waals surface area contributed by atoms with Crippen LogP contribution in [0.1, 0.15) is 26.3 Å². The van der Waals surface area contributed by atoms with E-state index in [1.165, 1.54) is 6.07 Å². The molecule has 0 unspecified atom stereocenters. The first kappa shape index (κ1) is 14.6. The first-order valence-corrected chi connectivity index (χ1v) is 6.50. The number of benzene rings is 1. The Bertz CT molecular complexity index is 376. The summed E-state index contributed by atoms with van der Waals surface area (Å²) in [6.07, 6.45) is 0. The highest BCUT2D eigenvalue weighted by Gasteiger charge is 2.18. The molecular formula is C13H19BrFNO. The molecule has 0 aliphatic heterocycles. The molecule has 1 rings (SSSR count). The van der Waals surface area contributed by atoms with E-state index in [0.29, 0.717) is 18.7 Å². The summed E-state index contributed by atoms with van der Waals surface area (Å²) in [5.74, 6) is -0.206. The van der Waals surface area contributed by atoms with Gasteiger partial charge in [0.1, 0.15) is 5.82 Å². The molecule has 0 spiro atoms. The van der Waals surface area contributed by atoms with Crippen LogP contribution in [0.15, 0.2) is 22.7 Å². The molecule has 1 N–H and O–H groups in total. The third kappa shape index (κ3) is 5.15. The molecule has 0 aliphatic rings. The van der Waals surface area contributed by atoms with Crippen LogP contribution in [-0.2, 0) is 6.54 Å². The number of hydrogen-bond donors (Lipinski definition) is 1. The van der Waals surface area contributed by atoms with Crippen molar-refractivity contribution in [3.8, 4) is 0 Å². The van der Waals surface area contributed by atoms with E-state index in [-0.39, 0.29) is 5.82 Å². The third-order valence-corrected chi connectivity index (χ3v) is 2.95. The van der Waals surface area contributed by atoms with Crippen LogP contribution in [0.25, 0.3) is 0 Å². The fourth-order valence-corrected chi connectivity index (χ4v) is 2.14. The normalized spacial score (nSPS) is 12.2. The quantitative estimate of drug-likeness (QED) is 0.903. The molecule has 0 aromatic heterocycles. The van der Waals surface area contributed by atoms with Crippen LogP contribution in [0, 0.1) is 5.82 Å². The van der Waals surface area contributed by atoms with Gasteiger partial charge in [0, 0.05) is 23.1 Å². The van der Waals surface area contributed by atoms with Crippen LogP contribution in [0.2, 0.25) is 0 Å². The molecule has 4 heteroatoms. The van der Waals surface area contributed by atoms with E-state index in [1.807, 2.05) is 11.8 Å². The number of rotatable bonds is 5. The molecule has 0 atom stereocenters. The van der Waals surface area contributed by atoms with Gasteiger partial charge in [-0.25, -0.2) is 4.39 Å². The Morgan fingerprint density at radius 2 is 2.06 bits per heavy atom. The molecule has 2 nitrogen and oxygen atoms in total. The lowest BCUT2D eigenvalue weighted by molar-refractivity contribution is 0.0350. The molecule has 0 fully saturated rings. The summed E-state index contributed by atoms with van der Waals surface area (Å²) in [6, 6.07) is 4.92. The molecular weight excluding hydrogens is 285 g/mol. The van der Waals surface area contributed by atoms with Crippen LogP contribution in [0.4, 0.5) is 4.39 Å². The number of nitrogens with zero attached hydrogens (tertiary/aromatic N) is 1. The standard InChI is InChI=1S/C13H19BrFNO/c1-4-16(9-13(2,3)17)8-10-7-11(14)5-6-12(10)15/h5-7,17H,4,8-9H2,1-3H3. The van der Waals surface area contributed by atoms with Gasteiger partial charge in [-0.3, -0.25) is 4.90 Å². The van der Waals surface area contributed by atoms with Crippen LogP contribution >= 0.6 is 15.9 Å². The summed E-state index contributed by atoms with van der Waals surface area (Å²) >= 11 is 3.33. The Kier molecular flexibility index (Phi) is 5.10. The second-order valence-corrected chi connectivity index (χ2v) is 5.77. The van der Waals surface area contributed by atoms with Crippen molar-refractivity contribution in [1.29, 1.82) is 0 Å². The summed E-state index contributed by atoms with van der Waals surface area (Å²) in [6.45, 7) is 7.32. The molecule has 0 radical (unpaired) electrons. The second kappa shape index (κ2) is 5.94. The minimum absolute atomic E-state index is 0.206. The van der Waals surface area contributed by atoms with Crippen molar-refractivity contribution in [2.75, 3.05) is 13.1 Å². The van der Waals surface area contributed by atoms with Gasteiger partial charge in [0.05, 0.1) is 5.60 Å². The lowest BCUT2D eigenvalue weighted by atomic mass is 10.1. The van der Waals surface area contributed by atoms with Gasteiger partial charge >= 0.3 is 0 Å². The minimum atomic E-state index is -0.765. The average Bonchev–Trinajstić information content (AvgIpc) is 2.20. The largest absolute Gasteiger partial charge is 0.389 e. The van der Waals surface area contributed by atoms with Crippen molar-refractivity contribution in [2.45, 2.75) is 32.9 Å². The highest BCUT2D eigenvalue weighted by molar-refractivity contribution is 9.10. The van der Waals surface area contributed by atoms with Gasteiger partial charge in [-0.15, -0.1) is 0 Å². The molecule has 1 aromatic rings. The van der Waals surface area contributed by atoms with E-state index in [9.17, 15) is 9.50 Å². The third-order valence-electron chi connectivity index (χ3n) is 2.46. The Morgan fingerprint density at radius 1 is 1.41 bits per heavy atom. The van der Waals surface area contributed by atoms with E-state index in [1.54, 1.807) is 26.0 Å². The zero-order chi connectivity index (χ0) is 13.1. The van der Waals surface area contributed by atoms with Crippen LogP contribution < -0.4 is 0 Å². The average molecular weight is 304 g/mol. The first-order chi connectivity index (χ1) is 7.81. The summed E-state index contributed by atoms with van der Waals surface area (Å²) in [5.41, 5.74) is -0.121. The Labute approximate surface area is 111 Å². The summed E-state index contributed by atoms with van der Waals surface area (Å²) in [5, 5.41) is 9.78. The van der Waals surface area contributed by atoms with Gasteiger partial charge in [0.15, 0.2) is 0 Å².